The second-order valence-corrected chi connectivity index (χ2v) is 21.2. The monoisotopic (exact) mass is 1030 g/mol. The molecular weight excluding hydrogens is 951 g/mol. The fourth-order valence-electron chi connectivity index (χ4n) is 9.74. The maximum atomic E-state index is 15.3. The number of piperidine rings is 1. The van der Waals surface area contributed by atoms with Crippen LogP contribution in [0.3, 0.4) is 0 Å². The van der Waals surface area contributed by atoms with E-state index in [1.54, 1.807) is 32.1 Å². The molecule has 2 aliphatic rings. The summed E-state index contributed by atoms with van der Waals surface area (Å²) in [6, 6.07) is 1.75. The number of anilines is 1. The van der Waals surface area contributed by atoms with Crippen LogP contribution < -0.4 is 31.6 Å². The molecule has 0 aliphatic carbocycles. The molecule has 404 valence electrons. The minimum atomic E-state index is -1.51. The summed E-state index contributed by atoms with van der Waals surface area (Å²) in [4.78, 5) is 107. The van der Waals surface area contributed by atoms with Gasteiger partial charge in [-0.25, -0.2) is 0 Å². The predicted octanol–water partition coefficient (Wildman–Crippen LogP) is 3.25. The first kappa shape index (κ1) is 58.1. The van der Waals surface area contributed by atoms with E-state index in [1.165, 1.54) is 32.0 Å². The van der Waals surface area contributed by atoms with E-state index in [0.717, 1.165) is 32.8 Å². The summed E-state index contributed by atoms with van der Waals surface area (Å²) >= 11 is 0. The number of carbonyl (C=O) groups is 7. The molecule has 0 spiro atoms. The van der Waals surface area contributed by atoms with Gasteiger partial charge in [-0.2, -0.15) is 0 Å². The van der Waals surface area contributed by atoms with Crippen LogP contribution in [0, 0.1) is 17.8 Å². The van der Waals surface area contributed by atoms with Crippen LogP contribution in [-0.4, -0.2) is 139 Å². The minimum absolute atomic E-state index is 0.00482. The molecule has 9 atom stereocenters. The van der Waals surface area contributed by atoms with Crippen LogP contribution >= 0.6 is 0 Å². The second kappa shape index (κ2) is 24.5. The van der Waals surface area contributed by atoms with Crippen LogP contribution in [0.1, 0.15) is 99.1 Å². The second-order valence-electron chi connectivity index (χ2n) is 21.2. The number of aliphatic hydroxyl groups excluding tert-OH is 1. The Morgan fingerprint density at radius 1 is 0.784 bits per heavy atom. The molecule has 20 nitrogen and oxygen atoms in total. The van der Waals surface area contributed by atoms with E-state index in [2.05, 4.69) is 27.8 Å². The first-order valence-corrected chi connectivity index (χ1v) is 25.3. The Hall–Kier alpha value is -6.77. The molecule has 0 radical (unpaired) electrons. The van der Waals surface area contributed by atoms with E-state index in [4.69, 9.17) is 0 Å². The zero-order chi connectivity index (χ0) is 55.1. The molecule has 5 rings (SSSR count). The van der Waals surface area contributed by atoms with Crippen molar-refractivity contribution in [2.24, 2.45) is 17.8 Å². The summed E-state index contributed by atoms with van der Waals surface area (Å²) in [6.45, 7) is 20.2. The normalized spacial score (nSPS) is 25.5. The molecule has 1 aromatic heterocycles. The van der Waals surface area contributed by atoms with Crippen LogP contribution in [0.2, 0.25) is 0 Å². The number of para-hydroxylation sites is 1. The highest BCUT2D eigenvalue weighted by Crippen LogP contribution is 2.32. The molecule has 2 fully saturated rings. The number of benzene rings is 2. The molecule has 7 N–H and O–H groups in total. The Bertz CT molecular complexity index is 2590. The lowest BCUT2D eigenvalue weighted by atomic mass is 9.89. The molecule has 0 unspecified atom stereocenters. The molecule has 2 aromatic carbocycles. The third-order valence-corrected chi connectivity index (χ3v) is 14.1. The van der Waals surface area contributed by atoms with E-state index < -0.39 is 113 Å². The number of amides is 7. The van der Waals surface area contributed by atoms with Gasteiger partial charge >= 0.3 is 0 Å². The summed E-state index contributed by atoms with van der Waals surface area (Å²) < 4.78 is 2.01. The van der Waals surface area contributed by atoms with Crippen LogP contribution in [0.4, 0.5) is 5.69 Å². The third-order valence-electron chi connectivity index (χ3n) is 14.1. The average Bonchev–Trinajstić information content (AvgIpc) is 3.72. The van der Waals surface area contributed by atoms with Crippen LogP contribution in [0.15, 0.2) is 73.5 Å². The molecule has 2 aliphatic heterocycles. The predicted molar refractivity (Wildman–Crippen MR) is 276 cm³/mol. The Kier molecular flexibility index (Phi) is 19.3. The van der Waals surface area contributed by atoms with Crippen molar-refractivity contribution in [3.05, 3.63) is 84.6 Å². The topological polar surface area (TPSA) is 269 Å². The number of aliphatic hydroxyl groups is 1. The van der Waals surface area contributed by atoms with E-state index >= 15 is 4.79 Å². The SMILES string of the molecule is C=CC(C)(C)n1cc(C[C@@H]2NC(=O)[C@H](C/C=C/C)NC(=O)[C@H](CC(C)C)N3C(=O)[C@H](C[C@H](C)[C@H]3O)N(C)C(=O)[C@H](C)NC(=O)[C@H](Cc3ccc([O-])c(N(O)O)c3)NC(=O)[C@H](CC(C)C)N(C)C2=O)c2ccccc21. The molecule has 2 bridgehead atoms. The van der Waals surface area contributed by atoms with E-state index in [0.29, 0.717) is 5.56 Å². The lowest BCUT2D eigenvalue weighted by Gasteiger charge is -2.46. The number of carbonyl (C=O) groups excluding carboxylic acids is 7. The first-order valence-electron chi connectivity index (χ1n) is 25.3. The van der Waals surface area contributed by atoms with E-state index in [-0.39, 0.29) is 61.2 Å². The number of likely N-dealkylation sites (N-methyl/N-ethyl adjacent to an activating group) is 2. The minimum Gasteiger partial charge on any atom is -0.871 e. The molecule has 2 saturated heterocycles. The van der Waals surface area contributed by atoms with Gasteiger partial charge in [0.2, 0.25) is 41.4 Å². The van der Waals surface area contributed by atoms with E-state index in [1.807, 2.05) is 76.6 Å². The van der Waals surface area contributed by atoms with Gasteiger partial charge in [0, 0.05) is 50.0 Å². The number of nitrogens with one attached hydrogen (secondary N) is 4. The molecule has 3 aromatic rings. The van der Waals surface area contributed by atoms with Crippen LogP contribution in [0.25, 0.3) is 10.9 Å². The van der Waals surface area contributed by atoms with Gasteiger partial charge in [0.15, 0.2) is 0 Å². The number of allylic oxidation sites excluding steroid dienone is 2. The van der Waals surface area contributed by atoms with Crippen molar-refractivity contribution >= 4 is 57.9 Å². The van der Waals surface area contributed by atoms with Gasteiger partial charge in [-0.1, -0.05) is 88.9 Å². The van der Waals surface area contributed by atoms with E-state index in [9.17, 15) is 49.4 Å². The van der Waals surface area contributed by atoms with Gasteiger partial charge in [-0.15, -0.1) is 11.8 Å². The summed E-state index contributed by atoms with van der Waals surface area (Å²) in [7, 11) is 2.79. The number of fused-ring (bicyclic) bond motifs is 3. The summed E-state index contributed by atoms with van der Waals surface area (Å²) in [5.74, 6) is -7.14. The number of nitrogens with zero attached hydrogens (tertiary/aromatic N) is 5. The van der Waals surface area contributed by atoms with Crippen molar-refractivity contribution in [3.8, 4) is 5.75 Å². The van der Waals surface area contributed by atoms with Gasteiger partial charge < -0.3 is 50.7 Å². The Morgan fingerprint density at radius 3 is 2.00 bits per heavy atom. The van der Waals surface area contributed by atoms with Gasteiger partial charge in [-0.05, 0) is 88.5 Å². The number of aromatic nitrogens is 1. The third kappa shape index (κ3) is 13.3. The van der Waals surface area contributed by atoms with Crippen molar-refractivity contribution < 1.29 is 54.2 Å². The van der Waals surface area contributed by atoms with Crippen LogP contribution in [-0.2, 0) is 51.9 Å². The summed E-state index contributed by atoms with van der Waals surface area (Å²) in [5.41, 5.74) is 0.565. The van der Waals surface area contributed by atoms with Gasteiger partial charge in [0.1, 0.15) is 48.5 Å². The zero-order valence-corrected chi connectivity index (χ0v) is 44.5. The maximum absolute atomic E-state index is 15.3. The van der Waals surface area contributed by atoms with Crippen molar-refractivity contribution in [1.29, 1.82) is 0 Å². The van der Waals surface area contributed by atoms with Crippen molar-refractivity contribution in [1.82, 2.24) is 40.5 Å². The lowest BCUT2D eigenvalue weighted by Crippen LogP contribution is -2.66. The molecule has 7 amide bonds. The number of hydrogen-bond donors (Lipinski definition) is 7. The van der Waals surface area contributed by atoms with Crippen molar-refractivity contribution in [3.63, 3.8) is 0 Å². The Labute approximate surface area is 433 Å². The fourth-order valence-corrected chi connectivity index (χ4v) is 9.74. The first-order chi connectivity index (χ1) is 34.7. The highest BCUT2D eigenvalue weighted by atomic mass is 16.8. The summed E-state index contributed by atoms with van der Waals surface area (Å²) in [6.07, 6.45) is 5.23. The number of rotatable bonds is 13. The molecular formula is C54H76N9O11-. The van der Waals surface area contributed by atoms with Crippen molar-refractivity contribution in [2.75, 3.05) is 19.3 Å². The average molecular weight is 1030 g/mol. The molecule has 3 heterocycles. The van der Waals surface area contributed by atoms with Crippen molar-refractivity contribution in [2.45, 2.75) is 155 Å². The zero-order valence-electron chi connectivity index (χ0n) is 44.5. The smallest absolute Gasteiger partial charge is 0.248 e. The number of hydrogen-bond acceptors (Lipinski definition) is 12. The van der Waals surface area contributed by atoms with Crippen LogP contribution in [0.5, 0.6) is 5.75 Å². The molecule has 20 heteroatoms. The standard InChI is InChI=1S/C54H77N9O11/c1-13-15-19-37-46(65)58-39(28-35-29-61(54(9,10)14-2)40-20-17-16-18-36(35)40)52(71)59(11)42(23-30(3)4)48(67)57-38(26-34-21-22-45(64)41(27-34)63(73)74)47(66)55-33(8)51(70)60(12)44-25-32(7)50(69)62(53(44)72)43(24-31(5)6)49(68)56-37/h13-18,20-22,27,29-33,37-39,42-44,50,64,69,73-74H,2,19,23-26,28H2,1,3-12H3,(H,55,66)(H,56,68)(H,57,67)(H,58,65)/p-1/b15-13+/t32-,33-,37-,38-,39-,42-,43-,44-,50+/m0/s1. The Balaban J connectivity index is 1.71. The largest absolute Gasteiger partial charge is 0.871 e. The fraction of sp³-hybridized carbons (Fsp3) is 0.537. The highest BCUT2D eigenvalue weighted by molar-refractivity contribution is 5.99. The molecule has 74 heavy (non-hydrogen) atoms. The molecule has 0 saturated carbocycles. The lowest BCUT2D eigenvalue weighted by molar-refractivity contribution is -0.268. The quantitative estimate of drug-likeness (QED) is 0.0961. The van der Waals surface area contributed by atoms with Gasteiger partial charge in [0.05, 0.1) is 11.2 Å². The highest BCUT2D eigenvalue weighted by Gasteiger charge is 2.48. The van der Waals surface area contributed by atoms with Gasteiger partial charge in [-0.3, -0.25) is 44.0 Å². The van der Waals surface area contributed by atoms with Gasteiger partial charge in [0.25, 0.3) is 0 Å². The maximum Gasteiger partial charge on any atom is 0.248 e. The summed E-state index contributed by atoms with van der Waals surface area (Å²) in [5, 5.41) is 55.4. The Morgan fingerprint density at radius 2 is 1.38 bits per heavy atom.